The predicted octanol–water partition coefficient (Wildman–Crippen LogP) is 4.58. The zero-order valence-electron chi connectivity index (χ0n) is 9.80. The molecule has 0 saturated carbocycles. The zero-order chi connectivity index (χ0) is 11.1. The first-order valence-electron chi connectivity index (χ1n) is 5.87. The average molecular weight is 225 g/mol. The van der Waals surface area contributed by atoms with E-state index < -0.39 is 0 Å². The summed E-state index contributed by atoms with van der Waals surface area (Å²) in [6.07, 6.45) is 4.95. The van der Waals surface area contributed by atoms with Gasteiger partial charge in [-0.3, -0.25) is 0 Å². The summed E-state index contributed by atoms with van der Waals surface area (Å²) in [6.45, 7) is 4.38. The van der Waals surface area contributed by atoms with E-state index in [2.05, 4.69) is 38.1 Å². The van der Waals surface area contributed by atoms with Crippen LogP contribution in [0.4, 0.5) is 0 Å². The quantitative estimate of drug-likeness (QED) is 0.621. The molecule has 0 aromatic heterocycles. The topological polar surface area (TPSA) is 0 Å². The highest BCUT2D eigenvalue weighted by atomic mass is 35.5. The summed E-state index contributed by atoms with van der Waals surface area (Å²) in [4.78, 5) is 0. The van der Waals surface area contributed by atoms with Crippen LogP contribution in [0.5, 0.6) is 0 Å². The number of rotatable bonds is 6. The van der Waals surface area contributed by atoms with Gasteiger partial charge >= 0.3 is 0 Å². The van der Waals surface area contributed by atoms with E-state index in [9.17, 15) is 0 Å². The fourth-order valence-electron chi connectivity index (χ4n) is 1.90. The van der Waals surface area contributed by atoms with E-state index in [0.29, 0.717) is 5.92 Å². The highest BCUT2D eigenvalue weighted by Crippen LogP contribution is 2.17. The van der Waals surface area contributed by atoms with E-state index in [1.807, 2.05) is 0 Å². The minimum atomic E-state index is 0.647. The molecule has 1 unspecified atom stereocenters. The summed E-state index contributed by atoms with van der Waals surface area (Å²) in [6, 6.07) is 8.75. The van der Waals surface area contributed by atoms with Gasteiger partial charge in [0.25, 0.3) is 0 Å². The normalized spacial score (nSPS) is 12.7. The molecule has 0 fully saturated rings. The van der Waals surface area contributed by atoms with Crippen molar-refractivity contribution in [2.75, 3.05) is 5.88 Å². The molecule has 0 heterocycles. The molecular formula is C14H21Cl. The third-order valence-corrected chi connectivity index (χ3v) is 3.23. The minimum Gasteiger partial charge on any atom is -0.126 e. The Hall–Kier alpha value is -0.490. The van der Waals surface area contributed by atoms with Crippen molar-refractivity contribution in [1.82, 2.24) is 0 Å². The highest BCUT2D eigenvalue weighted by Gasteiger charge is 2.07. The summed E-state index contributed by atoms with van der Waals surface area (Å²) in [7, 11) is 0. The van der Waals surface area contributed by atoms with Crippen molar-refractivity contribution >= 4 is 11.6 Å². The van der Waals surface area contributed by atoms with Crippen LogP contribution in [-0.2, 0) is 6.42 Å². The Morgan fingerprint density at radius 1 is 1.33 bits per heavy atom. The molecule has 15 heavy (non-hydrogen) atoms. The lowest BCUT2D eigenvalue weighted by Gasteiger charge is -2.13. The number of alkyl halides is 1. The molecule has 1 atom stereocenters. The van der Waals surface area contributed by atoms with Gasteiger partial charge in [0.1, 0.15) is 0 Å². The molecule has 0 radical (unpaired) electrons. The summed E-state index contributed by atoms with van der Waals surface area (Å²) in [5.41, 5.74) is 2.77. The standard InChI is InChI=1S/C14H21Cl/c1-3-4-7-14(11-15)10-13-8-5-6-12(2)9-13/h5-6,8-9,14H,3-4,7,10-11H2,1-2H3. The Balaban J connectivity index is 2.50. The summed E-state index contributed by atoms with van der Waals surface area (Å²) in [5.74, 6) is 1.43. The van der Waals surface area contributed by atoms with Crippen LogP contribution in [0.15, 0.2) is 24.3 Å². The molecule has 1 heteroatoms. The maximum absolute atomic E-state index is 5.99. The lowest BCUT2D eigenvalue weighted by Crippen LogP contribution is -2.06. The second kappa shape index (κ2) is 6.90. The number of benzene rings is 1. The molecule has 0 amide bonds. The van der Waals surface area contributed by atoms with E-state index in [1.165, 1.54) is 30.4 Å². The van der Waals surface area contributed by atoms with Crippen LogP contribution in [0.1, 0.15) is 37.3 Å². The van der Waals surface area contributed by atoms with Gasteiger partial charge in [-0.2, -0.15) is 0 Å². The van der Waals surface area contributed by atoms with Gasteiger partial charge in [0.05, 0.1) is 0 Å². The fourth-order valence-corrected chi connectivity index (χ4v) is 2.16. The predicted molar refractivity (Wildman–Crippen MR) is 68.6 cm³/mol. The van der Waals surface area contributed by atoms with Crippen LogP contribution in [-0.4, -0.2) is 5.88 Å². The third kappa shape index (κ3) is 4.70. The monoisotopic (exact) mass is 224 g/mol. The smallest absolute Gasteiger partial charge is 0.0254 e. The first-order valence-corrected chi connectivity index (χ1v) is 6.41. The van der Waals surface area contributed by atoms with Gasteiger partial charge < -0.3 is 0 Å². The summed E-state index contributed by atoms with van der Waals surface area (Å²) in [5, 5.41) is 0. The van der Waals surface area contributed by atoms with E-state index >= 15 is 0 Å². The molecule has 0 spiro atoms. The molecule has 1 aromatic rings. The zero-order valence-corrected chi connectivity index (χ0v) is 10.6. The van der Waals surface area contributed by atoms with Gasteiger partial charge in [-0.25, -0.2) is 0 Å². The molecule has 0 nitrogen and oxygen atoms in total. The summed E-state index contributed by atoms with van der Waals surface area (Å²) >= 11 is 5.99. The van der Waals surface area contributed by atoms with E-state index in [4.69, 9.17) is 11.6 Å². The Bertz CT molecular complexity index is 280. The van der Waals surface area contributed by atoms with Gasteiger partial charge in [0, 0.05) is 5.88 Å². The van der Waals surface area contributed by atoms with Crippen molar-refractivity contribution in [3.05, 3.63) is 35.4 Å². The van der Waals surface area contributed by atoms with Crippen LogP contribution in [0.3, 0.4) is 0 Å². The van der Waals surface area contributed by atoms with Crippen molar-refractivity contribution in [2.24, 2.45) is 5.92 Å². The van der Waals surface area contributed by atoms with E-state index in [1.54, 1.807) is 0 Å². The SMILES string of the molecule is CCCCC(CCl)Cc1cccc(C)c1. The summed E-state index contributed by atoms with van der Waals surface area (Å²) < 4.78 is 0. The van der Waals surface area contributed by atoms with Crippen LogP contribution < -0.4 is 0 Å². The minimum absolute atomic E-state index is 0.647. The molecule has 84 valence electrons. The fraction of sp³-hybridized carbons (Fsp3) is 0.571. The number of unbranched alkanes of at least 4 members (excludes halogenated alkanes) is 1. The number of halogens is 1. The van der Waals surface area contributed by atoms with Crippen molar-refractivity contribution in [1.29, 1.82) is 0 Å². The van der Waals surface area contributed by atoms with Crippen LogP contribution >= 0.6 is 11.6 Å². The number of hydrogen-bond donors (Lipinski definition) is 0. The lowest BCUT2D eigenvalue weighted by molar-refractivity contribution is 0.509. The van der Waals surface area contributed by atoms with Crippen LogP contribution in [0, 0.1) is 12.8 Å². The molecule has 1 rings (SSSR count). The molecule has 1 aromatic carbocycles. The largest absolute Gasteiger partial charge is 0.126 e. The van der Waals surface area contributed by atoms with Crippen LogP contribution in [0.2, 0.25) is 0 Å². The molecule has 0 aliphatic carbocycles. The highest BCUT2D eigenvalue weighted by molar-refractivity contribution is 6.18. The molecule has 0 N–H and O–H groups in total. The van der Waals surface area contributed by atoms with E-state index in [0.717, 1.165) is 12.3 Å². The van der Waals surface area contributed by atoms with Gasteiger partial charge in [-0.15, -0.1) is 11.6 Å². The lowest BCUT2D eigenvalue weighted by atomic mass is 9.95. The molecule has 0 aliphatic heterocycles. The molecule has 0 saturated heterocycles. The van der Waals surface area contributed by atoms with Gasteiger partial charge in [-0.05, 0) is 31.2 Å². The maximum atomic E-state index is 5.99. The average Bonchev–Trinajstić information content (AvgIpc) is 2.24. The van der Waals surface area contributed by atoms with E-state index in [-0.39, 0.29) is 0 Å². The van der Waals surface area contributed by atoms with Crippen molar-refractivity contribution in [2.45, 2.75) is 39.5 Å². The molecular weight excluding hydrogens is 204 g/mol. The van der Waals surface area contributed by atoms with Gasteiger partial charge in [-0.1, -0.05) is 49.6 Å². The number of hydrogen-bond acceptors (Lipinski definition) is 0. The molecule has 0 aliphatic rings. The Kier molecular flexibility index (Phi) is 5.78. The van der Waals surface area contributed by atoms with Gasteiger partial charge in [0.15, 0.2) is 0 Å². The second-order valence-electron chi connectivity index (χ2n) is 4.36. The first kappa shape index (κ1) is 12.6. The van der Waals surface area contributed by atoms with Crippen molar-refractivity contribution in [3.63, 3.8) is 0 Å². The van der Waals surface area contributed by atoms with Crippen LogP contribution in [0.25, 0.3) is 0 Å². The second-order valence-corrected chi connectivity index (χ2v) is 4.66. The van der Waals surface area contributed by atoms with Crippen molar-refractivity contribution < 1.29 is 0 Å². The number of aryl methyl sites for hydroxylation is 1. The molecule has 0 bridgehead atoms. The third-order valence-electron chi connectivity index (χ3n) is 2.79. The Morgan fingerprint density at radius 3 is 2.73 bits per heavy atom. The first-order chi connectivity index (χ1) is 7.26. The maximum Gasteiger partial charge on any atom is 0.0254 e. The van der Waals surface area contributed by atoms with Crippen molar-refractivity contribution in [3.8, 4) is 0 Å². The van der Waals surface area contributed by atoms with Gasteiger partial charge in [0.2, 0.25) is 0 Å². The Labute approximate surface area is 98.7 Å². The Morgan fingerprint density at radius 2 is 2.13 bits per heavy atom.